The maximum absolute atomic E-state index is 14.3. The van der Waals surface area contributed by atoms with E-state index in [9.17, 15) is 19.2 Å². The topological polar surface area (TPSA) is 124 Å². The number of para-hydroxylation sites is 2. The monoisotopic (exact) mass is 493 g/mol. The van der Waals surface area contributed by atoms with Gasteiger partial charge in [0.25, 0.3) is 11.6 Å². The summed E-state index contributed by atoms with van der Waals surface area (Å²) in [6.45, 7) is 0.116. The van der Waals surface area contributed by atoms with Crippen LogP contribution in [0.15, 0.2) is 70.8 Å². The zero-order chi connectivity index (χ0) is 26.0. The average Bonchev–Trinajstić information content (AvgIpc) is 2.93. The number of amides is 1. The predicted molar refractivity (Wildman–Crippen MR) is 127 cm³/mol. The Hall–Kier alpha value is -4.51. The van der Waals surface area contributed by atoms with E-state index in [1.165, 1.54) is 12.0 Å². The van der Waals surface area contributed by atoms with Gasteiger partial charge in [-0.1, -0.05) is 42.5 Å². The molecule has 0 fully saturated rings. The van der Waals surface area contributed by atoms with E-state index in [0.29, 0.717) is 11.4 Å². The quantitative estimate of drug-likeness (QED) is 0.436. The van der Waals surface area contributed by atoms with Gasteiger partial charge in [-0.15, -0.1) is 0 Å². The SMILES string of the molecule is COC(=O)C1=NN2c3ccccc3N(Cc3ccccc3)C(=O)C2(OC)C(C(=O)OC)=C1C(=O)OC. The van der Waals surface area contributed by atoms with Crippen LogP contribution in [0.1, 0.15) is 5.56 Å². The van der Waals surface area contributed by atoms with Crippen molar-refractivity contribution in [2.75, 3.05) is 38.3 Å². The third-order valence-electron chi connectivity index (χ3n) is 5.90. The van der Waals surface area contributed by atoms with Gasteiger partial charge in [-0.05, 0) is 17.7 Å². The highest BCUT2D eigenvalue weighted by Crippen LogP contribution is 2.48. The molecule has 11 heteroatoms. The number of hydrogen-bond donors (Lipinski definition) is 0. The van der Waals surface area contributed by atoms with Crippen LogP contribution in [-0.4, -0.2) is 63.7 Å². The molecule has 2 heterocycles. The summed E-state index contributed by atoms with van der Waals surface area (Å²) in [5, 5.41) is 5.40. The smallest absolute Gasteiger partial charge is 0.359 e. The normalized spacial score (nSPS) is 18.7. The molecule has 2 aromatic carbocycles. The Morgan fingerprint density at radius 1 is 0.806 bits per heavy atom. The molecule has 0 aliphatic carbocycles. The number of fused-ring (bicyclic) bond motifs is 3. The highest BCUT2D eigenvalue weighted by atomic mass is 16.5. The zero-order valence-electron chi connectivity index (χ0n) is 20.0. The number of rotatable bonds is 6. The molecular weight excluding hydrogens is 470 g/mol. The summed E-state index contributed by atoms with van der Waals surface area (Å²) in [6.07, 6.45) is 0. The molecule has 4 rings (SSSR count). The second kappa shape index (κ2) is 9.62. The molecule has 0 bridgehead atoms. The number of carbonyl (C=O) groups is 4. The van der Waals surface area contributed by atoms with E-state index in [1.807, 2.05) is 30.3 Å². The van der Waals surface area contributed by atoms with Crippen molar-refractivity contribution < 1.29 is 38.1 Å². The summed E-state index contributed by atoms with van der Waals surface area (Å²) in [5.74, 6) is -3.96. The first-order chi connectivity index (χ1) is 17.3. The van der Waals surface area contributed by atoms with E-state index in [2.05, 4.69) is 5.10 Å². The van der Waals surface area contributed by atoms with E-state index in [-0.39, 0.29) is 6.54 Å². The molecule has 0 N–H and O–H groups in total. The van der Waals surface area contributed by atoms with Gasteiger partial charge in [0.15, 0.2) is 5.71 Å². The van der Waals surface area contributed by atoms with Crippen LogP contribution in [0.4, 0.5) is 11.4 Å². The van der Waals surface area contributed by atoms with E-state index in [1.54, 1.807) is 24.3 Å². The van der Waals surface area contributed by atoms with Gasteiger partial charge in [0.2, 0.25) is 0 Å². The Balaban J connectivity index is 2.08. The van der Waals surface area contributed by atoms with Crippen LogP contribution in [0.3, 0.4) is 0 Å². The van der Waals surface area contributed by atoms with E-state index < -0.39 is 46.4 Å². The number of anilines is 2. The first kappa shape index (κ1) is 24.6. The number of benzene rings is 2. The van der Waals surface area contributed by atoms with Gasteiger partial charge < -0.3 is 23.8 Å². The maximum Gasteiger partial charge on any atom is 0.359 e. The molecule has 2 aliphatic rings. The van der Waals surface area contributed by atoms with Crippen molar-refractivity contribution in [1.29, 1.82) is 0 Å². The van der Waals surface area contributed by atoms with Crippen molar-refractivity contribution in [3.8, 4) is 0 Å². The Labute approximate surface area is 206 Å². The Morgan fingerprint density at radius 2 is 1.39 bits per heavy atom. The maximum atomic E-state index is 14.3. The lowest BCUT2D eigenvalue weighted by Crippen LogP contribution is -2.67. The van der Waals surface area contributed by atoms with Crippen molar-refractivity contribution >= 4 is 40.9 Å². The molecule has 0 spiro atoms. The third kappa shape index (κ3) is 3.60. The molecule has 1 unspecified atom stereocenters. The van der Waals surface area contributed by atoms with Crippen molar-refractivity contribution in [3.05, 3.63) is 71.3 Å². The number of hydrazone groups is 1. The lowest BCUT2D eigenvalue weighted by atomic mass is 9.87. The van der Waals surface area contributed by atoms with Crippen molar-refractivity contribution in [2.24, 2.45) is 5.10 Å². The molecule has 0 radical (unpaired) electrons. The van der Waals surface area contributed by atoms with E-state index in [0.717, 1.165) is 31.9 Å². The molecule has 2 aliphatic heterocycles. The predicted octanol–water partition coefficient (Wildman–Crippen LogP) is 1.57. The number of esters is 3. The molecule has 11 nitrogen and oxygen atoms in total. The number of hydrogen-bond acceptors (Lipinski definition) is 10. The minimum absolute atomic E-state index is 0.116. The summed E-state index contributed by atoms with van der Waals surface area (Å²) < 4.78 is 20.4. The number of carbonyl (C=O) groups excluding carboxylic acids is 4. The highest BCUT2D eigenvalue weighted by Gasteiger charge is 2.62. The van der Waals surface area contributed by atoms with Crippen LogP contribution >= 0.6 is 0 Å². The van der Waals surface area contributed by atoms with Crippen LogP contribution in [0, 0.1) is 0 Å². The van der Waals surface area contributed by atoms with Crippen molar-refractivity contribution in [3.63, 3.8) is 0 Å². The first-order valence-corrected chi connectivity index (χ1v) is 10.7. The summed E-state index contributed by atoms with van der Waals surface area (Å²) in [6, 6.07) is 16.0. The van der Waals surface area contributed by atoms with Crippen LogP contribution in [-0.2, 0) is 44.7 Å². The second-order valence-electron chi connectivity index (χ2n) is 7.70. The van der Waals surface area contributed by atoms with Gasteiger partial charge in [-0.2, -0.15) is 5.10 Å². The molecule has 186 valence electrons. The zero-order valence-corrected chi connectivity index (χ0v) is 20.0. The molecule has 36 heavy (non-hydrogen) atoms. The standard InChI is InChI=1S/C25H23N3O8/c1-33-21(29)18-19(22(30)34-2)25(36-4)24(32)27(14-15-10-6-5-7-11-15)16-12-8-9-13-17(16)28(25)26-20(18)23(31)35-3/h5-13H,14H2,1-4H3. The van der Waals surface area contributed by atoms with E-state index >= 15 is 0 Å². The number of methoxy groups -OCH3 is 4. The van der Waals surface area contributed by atoms with Gasteiger partial charge in [-0.3, -0.25) is 4.79 Å². The largest absolute Gasteiger partial charge is 0.465 e. The summed E-state index contributed by atoms with van der Waals surface area (Å²) in [7, 11) is 4.41. The van der Waals surface area contributed by atoms with Crippen molar-refractivity contribution in [2.45, 2.75) is 12.3 Å². The Bertz CT molecular complexity index is 1300. The van der Waals surface area contributed by atoms with Gasteiger partial charge in [0, 0.05) is 7.11 Å². The van der Waals surface area contributed by atoms with Crippen molar-refractivity contribution in [1.82, 2.24) is 0 Å². The van der Waals surface area contributed by atoms with Gasteiger partial charge in [0.05, 0.1) is 39.2 Å². The van der Waals surface area contributed by atoms with Gasteiger partial charge in [-0.25, -0.2) is 19.4 Å². The minimum Gasteiger partial charge on any atom is -0.465 e. The fourth-order valence-corrected chi connectivity index (χ4v) is 4.28. The minimum atomic E-state index is -2.29. The van der Waals surface area contributed by atoms with Gasteiger partial charge >= 0.3 is 17.9 Å². The molecule has 2 aromatic rings. The third-order valence-corrected chi connectivity index (χ3v) is 5.90. The molecule has 0 aromatic heterocycles. The highest BCUT2D eigenvalue weighted by molar-refractivity contribution is 6.51. The Kier molecular flexibility index (Phi) is 6.58. The fraction of sp³-hybridized carbons (Fsp3) is 0.240. The van der Waals surface area contributed by atoms with Crippen LogP contribution in [0.25, 0.3) is 0 Å². The molecule has 0 saturated carbocycles. The second-order valence-corrected chi connectivity index (χ2v) is 7.70. The summed E-state index contributed by atoms with van der Waals surface area (Å²) in [5.41, 5.74) is -2.42. The molecule has 0 saturated heterocycles. The van der Waals surface area contributed by atoms with Crippen LogP contribution in [0.2, 0.25) is 0 Å². The fourth-order valence-electron chi connectivity index (χ4n) is 4.28. The van der Waals surface area contributed by atoms with Crippen LogP contribution in [0.5, 0.6) is 0 Å². The van der Waals surface area contributed by atoms with Crippen LogP contribution < -0.4 is 9.91 Å². The molecule has 1 atom stereocenters. The van der Waals surface area contributed by atoms with Gasteiger partial charge in [0.1, 0.15) is 11.1 Å². The number of ether oxygens (including phenoxy) is 4. The summed E-state index contributed by atoms with van der Waals surface area (Å²) >= 11 is 0. The van der Waals surface area contributed by atoms with E-state index in [4.69, 9.17) is 18.9 Å². The molecule has 1 amide bonds. The lowest BCUT2D eigenvalue weighted by Gasteiger charge is -2.49. The summed E-state index contributed by atoms with van der Waals surface area (Å²) in [4.78, 5) is 54.6. The lowest BCUT2D eigenvalue weighted by molar-refractivity contribution is -0.148. The average molecular weight is 493 g/mol. The Morgan fingerprint density at radius 3 is 1.97 bits per heavy atom. The number of nitrogens with zero attached hydrogens (tertiary/aromatic N) is 3. The first-order valence-electron chi connectivity index (χ1n) is 10.7. The molecular formula is C25H23N3O8.